The molecule has 0 amide bonds. The van der Waals surface area contributed by atoms with Crippen molar-refractivity contribution in [2.75, 3.05) is 13.7 Å². The van der Waals surface area contributed by atoms with Crippen LogP contribution in [0, 0.1) is 5.41 Å². The van der Waals surface area contributed by atoms with Gasteiger partial charge in [-0.1, -0.05) is 66.5 Å². The first-order chi connectivity index (χ1) is 15.5. The van der Waals surface area contributed by atoms with Crippen LogP contribution in [0.2, 0.25) is 0 Å². The molecule has 0 aliphatic heterocycles. The fraction of sp³-hybridized carbons (Fsp3) is 0.400. The average Bonchev–Trinajstić information content (AvgIpc) is 2.76. The molecule has 3 rings (SSSR count). The van der Waals surface area contributed by atoms with E-state index in [9.17, 15) is 4.79 Å². The third kappa shape index (κ3) is 6.03. The highest BCUT2D eigenvalue weighted by Gasteiger charge is 2.18. The van der Waals surface area contributed by atoms with Crippen LogP contribution in [0.4, 0.5) is 0 Å². The molecule has 0 bridgehead atoms. The van der Waals surface area contributed by atoms with Crippen LogP contribution in [0.1, 0.15) is 58.3 Å². The van der Waals surface area contributed by atoms with Crippen molar-refractivity contribution in [3.8, 4) is 11.5 Å². The van der Waals surface area contributed by atoms with E-state index in [4.69, 9.17) is 14.5 Å². The van der Waals surface area contributed by atoms with Crippen molar-refractivity contribution in [2.24, 2.45) is 10.5 Å². The third-order valence-corrected chi connectivity index (χ3v) is 6.07. The van der Waals surface area contributed by atoms with Gasteiger partial charge in [0.25, 0.3) is 5.56 Å². The van der Waals surface area contributed by atoms with Crippen LogP contribution in [0.25, 0.3) is 10.9 Å². The summed E-state index contributed by atoms with van der Waals surface area (Å²) in [6.07, 6.45) is 2.46. The van der Waals surface area contributed by atoms with E-state index in [-0.39, 0.29) is 16.9 Å². The molecule has 0 saturated heterocycles. The molecule has 33 heavy (non-hydrogen) atoms. The lowest BCUT2D eigenvalue weighted by Gasteiger charge is -2.21. The molecule has 2 aromatic carbocycles. The molecule has 6 nitrogen and oxygen atoms in total. The second-order valence-corrected chi connectivity index (χ2v) is 11.0. The number of rotatable bonds is 7. The molecule has 0 saturated carbocycles. The van der Waals surface area contributed by atoms with E-state index in [2.05, 4.69) is 64.7 Å². The Labute approximate surface area is 211 Å². The summed E-state index contributed by atoms with van der Waals surface area (Å²) in [5.74, 6) is 1.84. The molecule has 0 unspecified atom stereocenters. The van der Waals surface area contributed by atoms with Gasteiger partial charge in [-0.05, 0) is 42.2 Å². The summed E-state index contributed by atoms with van der Waals surface area (Å²) in [6.45, 7) is 10.9. The number of hydrogen-bond acceptors (Lipinski definition) is 5. The minimum absolute atomic E-state index is 0.0389. The van der Waals surface area contributed by atoms with E-state index in [1.165, 1.54) is 4.68 Å². The third-order valence-electron chi connectivity index (χ3n) is 5.12. The Hall–Kier alpha value is -2.19. The molecule has 1 heterocycles. The maximum Gasteiger partial charge on any atom is 0.282 e. The summed E-state index contributed by atoms with van der Waals surface area (Å²) in [4.78, 5) is 18.2. The van der Waals surface area contributed by atoms with Gasteiger partial charge in [0, 0.05) is 20.4 Å². The van der Waals surface area contributed by atoms with Crippen molar-refractivity contribution in [1.29, 1.82) is 0 Å². The molecule has 0 fully saturated rings. The lowest BCUT2D eigenvalue weighted by Crippen LogP contribution is -2.24. The summed E-state index contributed by atoms with van der Waals surface area (Å²) >= 11 is 6.97. The highest BCUT2D eigenvalue weighted by Crippen LogP contribution is 2.35. The summed E-state index contributed by atoms with van der Waals surface area (Å²) in [5.41, 5.74) is 1.10. The molecular formula is C25H29Br2N3O3. The molecule has 0 radical (unpaired) electrons. The number of methoxy groups -OCH3 is 1. The maximum absolute atomic E-state index is 13.4. The minimum Gasteiger partial charge on any atom is -0.493 e. The highest BCUT2D eigenvalue weighted by molar-refractivity contribution is 9.10. The van der Waals surface area contributed by atoms with Gasteiger partial charge in [0.05, 0.1) is 30.8 Å². The van der Waals surface area contributed by atoms with Gasteiger partial charge >= 0.3 is 0 Å². The smallest absolute Gasteiger partial charge is 0.282 e. The molecule has 1 atom stereocenters. The van der Waals surface area contributed by atoms with E-state index in [1.807, 2.05) is 31.2 Å². The zero-order valence-electron chi connectivity index (χ0n) is 19.8. The largest absolute Gasteiger partial charge is 0.493 e. The van der Waals surface area contributed by atoms with Gasteiger partial charge in [0.1, 0.15) is 5.82 Å². The van der Waals surface area contributed by atoms with Gasteiger partial charge in [-0.2, -0.15) is 9.78 Å². The molecule has 8 heteroatoms. The number of halogens is 2. The summed E-state index contributed by atoms with van der Waals surface area (Å²) < 4.78 is 14.7. The van der Waals surface area contributed by atoms with Crippen molar-refractivity contribution < 1.29 is 9.47 Å². The Bertz CT molecular complexity index is 1250. The van der Waals surface area contributed by atoms with Gasteiger partial charge in [-0.15, -0.1) is 0 Å². The first-order valence-corrected chi connectivity index (χ1v) is 12.4. The molecule has 0 aliphatic rings. The second-order valence-electron chi connectivity index (χ2n) is 9.18. The SMILES string of the molecule is CC[C@@H](C)c1nc2ccc(Br)cc2c(=O)n1N=Cc1cc(Br)cc(OC)c1OCC(C)(C)C. The van der Waals surface area contributed by atoms with Crippen molar-refractivity contribution >= 4 is 49.0 Å². The lowest BCUT2D eigenvalue weighted by molar-refractivity contribution is 0.191. The standard InChI is InChI=1S/C25H29Br2N3O3/c1-7-15(2)23-29-20-9-8-17(26)11-19(20)24(31)30(23)28-13-16-10-18(27)12-21(32-6)22(16)33-14-25(3,4)5/h8-13,15H,7,14H2,1-6H3/t15-/m1/s1. The van der Waals surface area contributed by atoms with Gasteiger partial charge in [0.15, 0.2) is 11.5 Å². The zero-order chi connectivity index (χ0) is 24.3. The van der Waals surface area contributed by atoms with E-state index in [1.54, 1.807) is 19.4 Å². The Morgan fingerprint density at radius 2 is 1.91 bits per heavy atom. The Kier molecular flexibility index (Phi) is 8.00. The molecular weight excluding hydrogens is 550 g/mol. The van der Waals surface area contributed by atoms with Crippen LogP contribution < -0.4 is 15.0 Å². The molecule has 0 spiro atoms. The molecule has 0 N–H and O–H groups in total. The van der Waals surface area contributed by atoms with Crippen LogP contribution in [-0.2, 0) is 0 Å². The first-order valence-electron chi connectivity index (χ1n) is 10.8. The van der Waals surface area contributed by atoms with Gasteiger partial charge in [-0.25, -0.2) is 4.98 Å². The topological polar surface area (TPSA) is 65.7 Å². The monoisotopic (exact) mass is 577 g/mol. The quantitative estimate of drug-likeness (QED) is 0.291. The summed E-state index contributed by atoms with van der Waals surface area (Å²) in [5, 5.41) is 5.10. The minimum atomic E-state index is -0.216. The van der Waals surface area contributed by atoms with E-state index in [0.29, 0.717) is 40.4 Å². The number of nitrogens with zero attached hydrogens (tertiary/aromatic N) is 3. The molecule has 3 aromatic rings. The average molecular weight is 579 g/mol. The van der Waals surface area contributed by atoms with Crippen molar-refractivity contribution in [1.82, 2.24) is 9.66 Å². The molecule has 176 valence electrons. The van der Waals surface area contributed by atoms with E-state index >= 15 is 0 Å². The van der Waals surface area contributed by atoms with Crippen LogP contribution in [0.15, 0.2) is 49.2 Å². The van der Waals surface area contributed by atoms with Crippen LogP contribution in [0.5, 0.6) is 11.5 Å². The number of fused-ring (bicyclic) bond motifs is 1. The highest BCUT2D eigenvalue weighted by atomic mass is 79.9. The lowest BCUT2D eigenvalue weighted by atomic mass is 9.98. The van der Waals surface area contributed by atoms with Gasteiger partial charge in [-0.3, -0.25) is 4.79 Å². The van der Waals surface area contributed by atoms with Crippen LogP contribution in [-0.4, -0.2) is 29.6 Å². The Morgan fingerprint density at radius 3 is 2.55 bits per heavy atom. The predicted octanol–water partition coefficient (Wildman–Crippen LogP) is 6.75. The Balaban J connectivity index is 2.18. The number of hydrogen-bond donors (Lipinski definition) is 0. The summed E-state index contributed by atoms with van der Waals surface area (Å²) in [7, 11) is 1.60. The van der Waals surface area contributed by atoms with E-state index < -0.39 is 0 Å². The van der Waals surface area contributed by atoms with E-state index in [0.717, 1.165) is 15.4 Å². The zero-order valence-corrected chi connectivity index (χ0v) is 22.9. The number of benzene rings is 2. The maximum atomic E-state index is 13.4. The second kappa shape index (κ2) is 10.4. The van der Waals surface area contributed by atoms with Crippen LogP contribution in [0.3, 0.4) is 0 Å². The van der Waals surface area contributed by atoms with Crippen LogP contribution >= 0.6 is 31.9 Å². The molecule has 1 aromatic heterocycles. The normalized spacial score (nSPS) is 13.0. The first kappa shape index (κ1) is 25.4. The fourth-order valence-electron chi connectivity index (χ4n) is 3.18. The predicted molar refractivity (Wildman–Crippen MR) is 141 cm³/mol. The fourth-order valence-corrected chi connectivity index (χ4v) is 3.99. The van der Waals surface area contributed by atoms with Gasteiger partial charge < -0.3 is 9.47 Å². The number of aromatic nitrogens is 2. The van der Waals surface area contributed by atoms with Gasteiger partial charge in [0.2, 0.25) is 0 Å². The number of ether oxygens (including phenoxy) is 2. The molecule has 0 aliphatic carbocycles. The van der Waals surface area contributed by atoms with Crippen molar-refractivity contribution in [3.63, 3.8) is 0 Å². The van der Waals surface area contributed by atoms with Crippen molar-refractivity contribution in [3.05, 3.63) is 61.0 Å². The Morgan fingerprint density at radius 1 is 1.18 bits per heavy atom. The summed E-state index contributed by atoms with van der Waals surface area (Å²) in [6, 6.07) is 9.25. The van der Waals surface area contributed by atoms with Crippen molar-refractivity contribution in [2.45, 2.75) is 47.0 Å².